The Kier molecular flexibility index (Phi) is 4.60. The van der Waals surface area contributed by atoms with Gasteiger partial charge >= 0.3 is 0 Å². The van der Waals surface area contributed by atoms with E-state index in [2.05, 4.69) is 10.3 Å². The van der Waals surface area contributed by atoms with Crippen molar-refractivity contribution in [2.45, 2.75) is 51.7 Å². The quantitative estimate of drug-likeness (QED) is 0.878. The van der Waals surface area contributed by atoms with Crippen LogP contribution in [0.5, 0.6) is 5.75 Å². The molecule has 1 saturated carbocycles. The maximum atomic E-state index is 11.6. The van der Waals surface area contributed by atoms with Gasteiger partial charge in [-0.3, -0.25) is 9.78 Å². The lowest BCUT2D eigenvalue weighted by Gasteiger charge is -2.32. The number of hydrogen-bond donors (Lipinski definition) is 2. The maximum absolute atomic E-state index is 11.6. The van der Waals surface area contributed by atoms with Crippen molar-refractivity contribution in [3.8, 4) is 5.75 Å². The Morgan fingerprint density at radius 2 is 2.10 bits per heavy atom. The predicted octanol–water partition coefficient (Wildman–Crippen LogP) is 1.71. The molecular weight excluding hydrogens is 254 g/mol. The van der Waals surface area contributed by atoms with Gasteiger partial charge in [-0.25, -0.2) is 0 Å². The number of nitrogens with zero attached hydrogens (tertiary/aromatic N) is 1. The number of nitrogens with two attached hydrogens (primary N) is 1. The Morgan fingerprint density at radius 3 is 2.75 bits per heavy atom. The number of nitrogens with one attached hydrogen (secondary N) is 1. The number of aromatic nitrogens is 1. The average Bonchev–Trinajstić information content (AvgIpc) is 2.38. The van der Waals surface area contributed by atoms with Crippen LogP contribution < -0.4 is 15.8 Å². The summed E-state index contributed by atoms with van der Waals surface area (Å²) in [5.74, 6) is 0.0801. The topological polar surface area (TPSA) is 77.2 Å². The van der Waals surface area contributed by atoms with Crippen molar-refractivity contribution in [3.63, 3.8) is 0 Å². The molecule has 1 aromatic heterocycles. The summed E-state index contributed by atoms with van der Waals surface area (Å²) in [4.78, 5) is 15.9. The average molecular weight is 277 g/mol. The summed E-state index contributed by atoms with van der Waals surface area (Å²) in [7, 11) is 1.95. The summed E-state index contributed by atoms with van der Waals surface area (Å²) in [6, 6.07) is 2.12. The molecule has 1 aliphatic rings. The van der Waals surface area contributed by atoms with Crippen LogP contribution in [0, 0.1) is 13.8 Å². The zero-order valence-corrected chi connectivity index (χ0v) is 12.4. The van der Waals surface area contributed by atoms with Gasteiger partial charge < -0.3 is 15.8 Å². The molecule has 1 aliphatic carbocycles. The van der Waals surface area contributed by atoms with Gasteiger partial charge in [-0.1, -0.05) is 6.42 Å². The fourth-order valence-corrected chi connectivity index (χ4v) is 2.92. The van der Waals surface area contributed by atoms with Crippen LogP contribution in [0.15, 0.2) is 6.07 Å². The second-order valence-corrected chi connectivity index (χ2v) is 5.42. The van der Waals surface area contributed by atoms with E-state index in [0.717, 1.165) is 25.0 Å². The first kappa shape index (κ1) is 14.8. The van der Waals surface area contributed by atoms with E-state index in [1.165, 1.54) is 6.42 Å². The molecule has 2 rings (SSSR count). The number of hydrogen-bond acceptors (Lipinski definition) is 4. The van der Waals surface area contributed by atoms with Crippen molar-refractivity contribution < 1.29 is 9.53 Å². The Hall–Kier alpha value is -1.62. The van der Waals surface area contributed by atoms with Crippen LogP contribution in [0.2, 0.25) is 0 Å². The molecule has 0 aromatic carbocycles. The van der Waals surface area contributed by atoms with Crippen molar-refractivity contribution >= 4 is 5.91 Å². The van der Waals surface area contributed by atoms with E-state index in [1.807, 2.05) is 14.0 Å². The van der Waals surface area contributed by atoms with Gasteiger partial charge in [-0.2, -0.15) is 0 Å². The summed E-state index contributed by atoms with van der Waals surface area (Å²) >= 11 is 0. The van der Waals surface area contributed by atoms with Crippen LogP contribution in [0.4, 0.5) is 0 Å². The fourth-order valence-electron chi connectivity index (χ4n) is 2.92. The van der Waals surface area contributed by atoms with Crippen LogP contribution in [-0.2, 0) is 0 Å². The van der Waals surface area contributed by atoms with Gasteiger partial charge in [0.25, 0.3) is 5.91 Å². The Balaban J connectivity index is 2.30. The van der Waals surface area contributed by atoms with Crippen molar-refractivity contribution in [2.24, 2.45) is 5.73 Å². The van der Waals surface area contributed by atoms with Crippen molar-refractivity contribution in [2.75, 3.05) is 7.05 Å². The molecule has 3 N–H and O–H groups in total. The normalized spacial score (nSPS) is 22.6. The Bertz CT molecular complexity index is 502. The third-order valence-electron chi connectivity index (χ3n) is 3.89. The van der Waals surface area contributed by atoms with Crippen LogP contribution in [0.1, 0.15) is 47.4 Å². The first-order valence-corrected chi connectivity index (χ1v) is 7.15. The molecule has 1 amide bonds. The summed E-state index contributed by atoms with van der Waals surface area (Å²) in [6.07, 6.45) is 4.52. The van der Waals surface area contributed by atoms with Crippen LogP contribution in [0.25, 0.3) is 0 Å². The highest BCUT2D eigenvalue weighted by Gasteiger charge is 2.27. The molecule has 1 aromatic rings. The molecule has 110 valence electrons. The van der Waals surface area contributed by atoms with Gasteiger partial charge in [0.05, 0.1) is 5.69 Å². The molecule has 1 heterocycles. The zero-order valence-electron chi connectivity index (χ0n) is 12.4. The number of primary amides is 1. The summed E-state index contributed by atoms with van der Waals surface area (Å²) in [6.45, 7) is 3.68. The molecule has 5 nitrogen and oxygen atoms in total. The lowest BCUT2D eigenvalue weighted by Crippen LogP contribution is -2.43. The smallest absolute Gasteiger partial charge is 0.254 e. The molecule has 0 bridgehead atoms. The highest BCUT2D eigenvalue weighted by atomic mass is 16.5. The predicted molar refractivity (Wildman–Crippen MR) is 78.0 cm³/mol. The van der Waals surface area contributed by atoms with Gasteiger partial charge in [0.15, 0.2) is 0 Å². The maximum Gasteiger partial charge on any atom is 0.254 e. The lowest BCUT2D eigenvalue weighted by atomic mass is 9.92. The summed E-state index contributed by atoms with van der Waals surface area (Å²) < 4.78 is 6.11. The van der Waals surface area contributed by atoms with Gasteiger partial charge in [0.2, 0.25) is 0 Å². The van der Waals surface area contributed by atoms with Gasteiger partial charge in [0.1, 0.15) is 17.4 Å². The van der Waals surface area contributed by atoms with Crippen LogP contribution in [-0.4, -0.2) is 30.1 Å². The van der Waals surface area contributed by atoms with Gasteiger partial charge in [-0.05, 0) is 40.2 Å². The van der Waals surface area contributed by atoms with Crippen LogP contribution >= 0.6 is 0 Å². The third kappa shape index (κ3) is 3.10. The van der Waals surface area contributed by atoms with E-state index in [9.17, 15) is 4.79 Å². The van der Waals surface area contributed by atoms with Crippen LogP contribution in [0.3, 0.4) is 0 Å². The minimum absolute atomic E-state index is 0.0769. The van der Waals surface area contributed by atoms with Gasteiger partial charge in [0, 0.05) is 17.8 Å². The number of pyridine rings is 1. The van der Waals surface area contributed by atoms with E-state index < -0.39 is 5.91 Å². The van der Waals surface area contributed by atoms with E-state index in [4.69, 9.17) is 10.5 Å². The number of likely N-dealkylation sites (N-methyl/N-ethyl adjacent to an activating group) is 1. The molecule has 20 heavy (non-hydrogen) atoms. The minimum Gasteiger partial charge on any atom is -0.488 e. The highest BCUT2D eigenvalue weighted by molar-refractivity contribution is 5.96. The highest BCUT2D eigenvalue weighted by Crippen LogP contribution is 2.28. The standard InChI is InChI=1S/C15H23N3O2/c1-9-8-13(14(15(16)19)10(2)18-9)20-12-7-5-4-6-11(12)17-3/h8,11-12,17H,4-7H2,1-3H3,(H2,16,19). The number of aryl methyl sites for hydroxylation is 2. The number of carbonyl (C=O) groups excluding carboxylic acids is 1. The molecule has 0 saturated heterocycles. The summed E-state index contributed by atoms with van der Waals surface area (Å²) in [5, 5.41) is 3.30. The molecule has 2 atom stereocenters. The molecule has 0 aliphatic heterocycles. The third-order valence-corrected chi connectivity index (χ3v) is 3.89. The monoisotopic (exact) mass is 277 g/mol. The van der Waals surface area contributed by atoms with E-state index in [-0.39, 0.29) is 6.10 Å². The number of ether oxygens (including phenoxy) is 1. The van der Waals surface area contributed by atoms with Crippen molar-refractivity contribution in [1.82, 2.24) is 10.3 Å². The minimum atomic E-state index is -0.484. The number of amides is 1. The van der Waals surface area contributed by atoms with E-state index in [0.29, 0.717) is 23.0 Å². The Morgan fingerprint density at radius 1 is 1.40 bits per heavy atom. The molecule has 5 heteroatoms. The molecule has 2 unspecified atom stereocenters. The largest absolute Gasteiger partial charge is 0.488 e. The molecular formula is C15H23N3O2. The van der Waals surface area contributed by atoms with E-state index in [1.54, 1.807) is 13.0 Å². The van der Waals surface area contributed by atoms with Crippen molar-refractivity contribution in [3.05, 3.63) is 23.0 Å². The number of rotatable bonds is 4. The SMILES string of the molecule is CNC1CCCCC1Oc1cc(C)nc(C)c1C(N)=O. The summed E-state index contributed by atoms with van der Waals surface area (Å²) in [5.41, 5.74) is 7.32. The van der Waals surface area contributed by atoms with E-state index >= 15 is 0 Å². The van der Waals surface area contributed by atoms with Crippen molar-refractivity contribution in [1.29, 1.82) is 0 Å². The lowest BCUT2D eigenvalue weighted by molar-refractivity contribution is 0.0968. The van der Waals surface area contributed by atoms with Gasteiger partial charge in [-0.15, -0.1) is 0 Å². The zero-order chi connectivity index (χ0) is 14.7. The second kappa shape index (κ2) is 6.22. The molecule has 0 radical (unpaired) electrons. The second-order valence-electron chi connectivity index (χ2n) is 5.42. The fraction of sp³-hybridized carbons (Fsp3) is 0.600. The molecule has 0 spiro atoms. The Labute approximate surface area is 119 Å². The first-order chi connectivity index (χ1) is 9.52. The first-order valence-electron chi connectivity index (χ1n) is 7.15. The number of carbonyl (C=O) groups is 1. The molecule has 1 fully saturated rings.